The molecule has 1 aromatic heterocycles. The number of hydrogen-bond donors (Lipinski definition) is 1. The Morgan fingerprint density at radius 1 is 1.00 bits per heavy atom. The Balaban J connectivity index is 1.91. The van der Waals surface area contributed by atoms with E-state index >= 15 is 0 Å². The third-order valence-corrected chi connectivity index (χ3v) is 5.57. The minimum Gasteiger partial charge on any atom is -0.493 e. The van der Waals surface area contributed by atoms with Crippen LogP contribution in [0.2, 0.25) is 0 Å². The van der Waals surface area contributed by atoms with Gasteiger partial charge in [-0.15, -0.1) is 0 Å². The van der Waals surface area contributed by atoms with Gasteiger partial charge in [0.2, 0.25) is 5.88 Å². The highest BCUT2D eigenvalue weighted by Crippen LogP contribution is 2.36. The minimum absolute atomic E-state index is 0.325. The summed E-state index contributed by atoms with van der Waals surface area (Å²) in [6.45, 7) is 11.3. The highest BCUT2D eigenvalue weighted by atomic mass is 16.5. The van der Waals surface area contributed by atoms with Crippen molar-refractivity contribution in [2.45, 2.75) is 46.8 Å². The molecular formula is C28H39N3O4. The van der Waals surface area contributed by atoms with E-state index in [0.717, 1.165) is 29.9 Å². The number of aromatic nitrogens is 2. The van der Waals surface area contributed by atoms with Crippen LogP contribution in [0.3, 0.4) is 0 Å². The van der Waals surface area contributed by atoms with Gasteiger partial charge in [0.05, 0.1) is 36.8 Å². The van der Waals surface area contributed by atoms with Crippen molar-refractivity contribution in [2.75, 3.05) is 33.4 Å². The SMILES string of the molecule is CCCN(Cc1c(C)nn(-c2ccccc2)c1Oc1ccccc1OC)C[C@@H](O)COCC(C)C. The maximum Gasteiger partial charge on any atom is 0.227 e. The predicted octanol–water partition coefficient (Wildman–Crippen LogP) is 5.23. The molecule has 0 saturated carbocycles. The molecule has 1 atom stereocenters. The van der Waals surface area contributed by atoms with E-state index in [2.05, 4.69) is 25.7 Å². The molecule has 3 aromatic rings. The van der Waals surface area contributed by atoms with Crippen molar-refractivity contribution in [3.8, 4) is 23.1 Å². The molecule has 0 saturated heterocycles. The molecule has 0 aliphatic heterocycles. The summed E-state index contributed by atoms with van der Waals surface area (Å²) in [4.78, 5) is 2.23. The van der Waals surface area contributed by atoms with Gasteiger partial charge < -0.3 is 19.3 Å². The minimum atomic E-state index is -0.566. The van der Waals surface area contributed by atoms with Gasteiger partial charge in [-0.2, -0.15) is 5.10 Å². The lowest BCUT2D eigenvalue weighted by Crippen LogP contribution is -2.35. The average molecular weight is 482 g/mol. The van der Waals surface area contributed by atoms with E-state index < -0.39 is 6.10 Å². The van der Waals surface area contributed by atoms with Crippen LogP contribution < -0.4 is 9.47 Å². The maximum absolute atomic E-state index is 10.6. The van der Waals surface area contributed by atoms with E-state index in [1.54, 1.807) is 7.11 Å². The lowest BCUT2D eigenvalue weighted by Gasteiger charge is -2.25. The van der Waals surface area contributed by atoms with Crippen LogP contribution in [0.25, 0.3) is 5.69 Å². The van der Waals surface area contributed by atoms with Gasteiger partial charge in [0.15, 0.2) is 11.5 Å². The fraction of sp³-hybridized carbons (Fsp3) is 0.464. The largest absolute Gasteiger partial charge is 0.493 e. The summed E-state index contributed by atoms with van der Waals surface area (Å²) in [5, 5.41) is 15.5. The number of aliphatic hydroxyl groups excluding tert-OH is 1. The van der Waals surface area contributed by atoms with E-state index in [1.165, 1.54) is 0 Å². The molecule has 0 amide bonds. The molecule has 2 aromatic carbocycles. The van der Waals surface area contributed by atoms with Crippen molar-refractivity contribution in [1.82, 2.24) is 14.7 Å². The lowest BCUT2D eigenvalue weighted by atomic mass is 10.2. The molecule has 0 radical (unpaired) electrons. The quantitative estimate of drug-likeness (QED) is 0.340. The standard InChI is InChI=1S/C28H39N3O4/c1-6-16-30(17-24(32)20-34-19-21(2)3)18-25-22(4)29-31(23-12-8-7-9-13-23)28(25)35-27-15-11-10-14-26(27)33-5/h7-15,21,24,32H,6,16-20H2,1-5H3/t24-/m1/s1. The van der Waals surface area contributed by atoms with Gasteiger partial charge in [-0.25, -0.2) is 4.68 Å². The summed E-state index contributed by atoms with van der Waals surface area (Å²) in [5.41, 5.74) is 2.77. The number of benzene rings is 2. The Kier molecular flexibility index (Phi) is 10.1. The predicted molar refractivity (Wildman–Crippen MR) is 139 cm³/mol. The van der Waals surface area contributed by atoms with Gasteiger partial charge in [0, 0.05) is 19.7 Å². The van der Waals surface area contributed by atoms with Crippen molar-refractivity contribution in [3.05, 3.63) is 65.9 Å². The molecule has 190 valence electrons. The molecule has 0 fully saturated rings. The van der Waals surface area contributed by atoms with Gasteiger partial charge >= 0.3 is 0 Å². The van der Waals surface area contributed by atoms with Crippen LogP contribution >= 0.6 is 0 Å². The van der Waals surface area contributed by atoms with Crippen molar-refractivity contribution in [1.29, 1.82) is 0 Å². The van der Waals surface area contributed by atoms with Crippen LogP contribution in [0.1, 0.15) is 38.4 Å². The zero-order chi connectivity index (χ0) is 25.2. The summed E-state index contributed by atoms with van der Waals surface area (Å²) in [6.07, 6.45) is 0.400. The first kappa shape index (κ1) is 26.7. The van der Waals surface area contributed by atoms with E-state index in [-0.39, 0.29) is 0 Å². The second-order valence-corrected chi connectivity index (χ2v) is 9.19. The topological polar surface area (TPSA) is 69.0 Å². The monoisotopic (exact) mass is 481 g/mol. The number of methoxy groups -OCH3 is 1. The fourth-order valence-electron chi connectivity index (χ4n) is 3.94. The molecular weight excluding hydrogens is 442 g/mol. The second-order valence-electron chi connectivity index (χ2n) is 9.19. The van der Waals surface area contributed by atoms with Gasteiger partial charge in [-0.1, -0.05) is 51.1 Å². The van der Waals surface area contributed by atoms with Crippen molar-refractivity contribution in [2.24, 2.45) is 5.92 Å². The Labute approximate surface area is 209 Å². The first-order valence-corrected chi connectivity index (χ1v) is 12.4. The van der Waals surface area contributed by atoms with Gasteiger partial charge in [0.25, 0.3) is 0 Å². The third kappa shape index (κ3) is 7.56. The Morgan fingerprint density at radius 2 is 1.69 bits per heavy atom. The second kappa shape index (κ2) is 13.3. The highest BCUT2D eigenvalue weighted by Gasteiger charge is 2.23. The summed E-state index contributed by atoms with van der Waals surface area (Å²) in [7, 11) is 1.63. The van der Waals surface area contributed by atoms with Crippen molar-refractivity contribution in [3.63, 3.8) is 0 Å². The third-order valence-electron chi connectivity index (χ3n) is 5.57. The summed E-state index contributed by atoms with van der Waals surface area (Å²) < 4.78 is 19.5. The molecule has 7 nitrogen and oxygen atoms in total. The van der Waals surface area contributed by atoms with Crippen LogP contribution in [0.4, 0.5) is 0 Å². The molecule has 0 bridgehead atoms. The summed E-state index contributed by atoms with van der Waals surface area (Å²) in [5.74, 6) is 2.36. The van der Waals surface area contributed by atoms with Crippen LogP contribution in [-0.2, 0) is 11.3 Å². The van der Waals surface area contributed by atoms with Crippen LogP contribution in [0.15, 0.2) is 54.6 Å². The molecule has 35 heavy (non-hydrogen) atoms. The maximum atomic E-state index is 10.6. The fourth-order valence-corrected chi connectivity index (χ4v) is 3.94. The zero-order valence-corrected chi connectivity index (χ0v) is 21.6. The molecule has 0 spiro atoms. The lowest BCUT2D eigenvalue weighted by molar-refractivity contribution is 0.00681. The molecule has 7 heteroatoms. The normalized spacial score (nSPS) is 12.3. The Hall–Kier alpha value is -2.87. The zero-order valence-electron chi connectivity index (χ0n) is 21.6. The highest BCUT2D eigenvalue weighted by molar-refractivity contribution is 5.47. The van der Waals surface area contributed by atoms with Gasteiger partial charge in [0.1, 0.15) is 0 Å². The average Bonchev–Trinajstić information content (AvgIpc) is 3.14. The molecule has 3 rings (SSSR count). The van der Waals surface area contributed by atoms with Crippen LogP contribution in [-0.4, -0.2) is 59.3 Å². The Morgan fingerprint density at radius 3 is 2.34 bits per heavy atom. The molecule has 0 aliphatic carbocycles. The number of aliphatic hydroxyl groups is 1. The number of hydrogen-bond acceptors (Lipinski definition) is 6. The number of para-hydroxylation sites is 3. The van der Waals surface area contributed by atoms with E-state index in [0.29, 0.717) is 49.6 Å². The van der Waals surface area contributed by atoms with Crippen LogP contribution in [0.5, 0.6) is 17.4 Å². The molecule has 1 heterocycles. The Bertz CT molecular complexity index is 1040. The number of aryl methyl sites for hydroxylation is 1. The van der Waals surface area contributed by atoms with E-state index in [1.807, 2.05) is 66.2 Å². The smallest absolute Gasteiger partial charge is 0.227 e. The number of nitrogens with zero attached hydrogens (tertiary/aromatic N) is 3. The van der Waals surface area contributed by atoms with Crippen molar-refractivity contribution >= 4 is 0 Å². The van der Waals surface area contributed by atoms with Gasteiger partial charge in [-0.05, 0) is 50.1 Å². The van der Waals surface area contributed by atoms with Gasteiger partial charge in [-0.3, -0.25) is 4.90 Å². The van der Waals surface area contributed by atoms with E-state index in [4.69, 9.17) is 19.3 Å². The first-order chi connectivity index (χ1) is 16.9. The molecule has 0 unspecified atom stereocenters. The summed E-state index contributed by atoms with van der Waals surface area (Å²) >= 11 is 0. The van der Waals surface area contributed by atoms with E-state index in [9.17, 15) is 5.11 Å². The summed E-state index contributed by atoms with van der Waals surface area (Å²) in [6, 6.07) is 17.6. The molecule has 0 aliphatic rings. The number of ether oxygens (including phenoxy) is 3. The van der Waals surface area contributed by atoms with Crippen LogP contribution in [0, 0.1) is 12.8 Å². The van der Waals surface area contributed by atoms with Crippen molar-refractivity contribution < 1.29 is 19.3 Å². The molecule has 1 N–H and O–H groups in total. The number of rotatable bonds is 14. The first-order valence-electron chi connectivity index (χ1n) is 12.4.